The third kappa shape index (κ3) is 2.67. The molecule has 7 nitrogen and oxygen atoms in total. The molecular weight excluding hydrogens is 232 g/mol. The Bertz CT molecular complexity index is 457. The molecule has 0 radical (unpaired) electrons. The molecule has 7 heteroatoms. The van der Waals surface area contributed by atoms with Crippen molar-refractivity contribution in [1.29, 1.82) is 0 Å². The normalized spacial score (nSPS) is 14.2. The maximum Gasteiger partial charge on any atom is 0.239 e. The van der Waals surface area contributed by atoms with Crippen molar-refractivity contribution >= 4 is 17.5 Å². The number of rotatable bonds is 5. The average Bonchev–Trinajstić information content (AvgIpc) is 3.21. The highest BCUT2D eigenvalue weighted by Crippen LogP contribution is 2.39. The molecule has 2 rings (SSSR count). The minimum absolute atomic E-state index is 0.0942. The van der Waals surface area contributed by atoms with Crippen LogP contribution < -0.4 is 21.9 Å². The Morgan fingerprint density at radius 3 is 2.61 bits per heavy atom. The second kappa shape index (κ2) is 5.18. The predicted octanol–water partition coefficient (Wildman–Crippen LogP) is 0.106. The van der Waals surface area contributed by atoms with Crippen LogP contribution in [0.4, 0.5) is 11.6 Å². The number of nitrogen functional groups attached to an aromatic ring is 1. The van der Waals surface area contributed by atoms with Gasteiger partial charge in [-0.15, -0.1) is 0 Å². The summed E-state index contributed by atoms with van der Waals surface area (Å²) in [5.74, 6) is 7.82. The molecular formula is C11H18N6O. The van der Waals surface area contributed by atoms with E-state index in [1.54, 1.807) is 7.05 Å². The van der Waals surface area contributed by atoms with Crippen LogP contribution in [0.3, 0.4) is 0 Å². The van der Waals surface area contributed by atoms with E-state index in [4.69, 9.17) is 5.84 Å². The van der Waals surface area contributed by atoms with Gasteiger partial charge in [0, 0.05) is 18.5 Å². The van der Waals surface area contributed by atoms with Crippen LogP contribution in [0.25, 0.3) is 0 Å². The van der Waals surface area contributed by atoms with Gasteiger partial charge >= 0.3 is 0 Å². The highest BCUT2D eigenvalue weighted by Gasteiger charge is 2.28. The van der Waals surface area contributed by atoms with Crippen LogP contribution in [0, 0.1) is 6.92 Å². The molecule has 1 fully saturated rings. The molecule has 1 aliphatic carbocycles. The number of carbonyl (C=O) groups is 1. The van der Waals surface area contributed by atoms with Gasteiger partial charge in [-0.25, -0.2) is 15.8 Å². The molecule has 0 atom stereocenters. The van der Waals surface area contributed by atoms with Gasteiger partial charge in [-0.05, 0) is 19.8 Å². The van der Waals surface area contributed by atoms with E-state index in [2.05, 4.69) is 26.0 Å². The van der Waals surface area contributed by atoms with Crippen molar-refractivity contribution in [1.82, 2.24) is 15.3 Å². The fraction of sp³-hybridized carbons (Fsp3) is 0.545. The van der Waals surface area contributed by atoms with Crippen LogP contribution in [0.1, 0.15) is 30.1 Å². The van der Waals surface area contributed by atoms with Gasteiger partial charge in [0.2, 0.25) is 5.91 Å². The first-order valence-electron chi connectivity index (χ1n) is 5.95. The van der Waals surface area contributed by atoms with Crippen LogP contribution in [0.2, 0.25) is 0 Å². The van der Waals surface area contributed by atoms with Crippen molar-refractivity contribution in [3.63, 3.8) is 0 Å². The lowest BCUT2D eigenvalue weighted by Crippen LogP contribution is -2.27. The number of carbonyl (C=O) groups excluding carboxylic acids is 1. The zero-order valence-electron chi connectivity index (χ0n) is 10.6. The quantitative estimate of drug-likeness (QED) is 0.436. The molecule has 0 bridgehead atoms. The molecule has 0 spiro atoms. The van der Waals surface area contributed by atoms with E-state index < -0.39 is 0 Å². The summed E-state index contributed by atoms with van der Waals surface area (Å²) in [4.78, 5) is 20.0. The maximum atomic E-state index is 11.2. The van der Waals surface area contributed by atoms with Gasteiger partial charge in [-0.3, -0.25) is 4.79 Å². The fourth-order valence-electron chi connectivity index (χ4n) is 1.62. The zero-order chi connectivity index (χ0) is 13.1. The molecule has 1 amide bonds. The van der Waals surface area contributed by atoms with E-state index in [9.17, 15) is 4.79 Å². The van der Waals surface area contributed by atoms with Crippen LogP contribution in [-0.2, 0) is 4.79 Å². The van der Waals surface area contributed by atoms with Crippen molar-refractivity contribution in [2.45, 2.75) is 25.7 Å². The van der Waals surface area contributed by atoms with E-state index in [1.165, 1.54) is 0 Å². The molecule has 0 unspecified atom stereocenters. The third-order valence-electron chi connectivity index (χ3n) is 2.94. The van der Waals surface area contributed by atoms with Gasteiger partial charge in [0.05, 0.1) is 6.54 Å². The average molecular weight is 250 g/mol. The van der Waals surface area contributed by atoms with Gasteiger partial charge in [-0.2, -0.15) is 0 Å². The molecule has 5 N–H and O–H groups in total. The van der Waals surface area contributed by atoms with Crippen molar-refractivity contribution in [2.75, 3.05) is 24.3 Å². The third-order valence-corrected chi connectivity index (χ3v) is 2.94. The summed E-state index contributed by atoms with van der Waals surface area (Å²) in [6.45, 7) is 2.04. The second-order valence-electron chi connectivity index (χ2n) is 4.35. The predicted molar refractivity (Wildman–Crippen MR) is 69.1 cm³/mol. The smallest absolute Gasteiger partial charge is 0.239 e. The summed E-state index contributed by atoms with van der Waals surface area (Å²) in [6, 6.07) is 0. The first kappa shape index (κ1) is 12.6. The van der Waals surface area contributed by atoms with Crippen molar-refractivity contribution in [3.05, 3.63) is 11.4 Å². The summed E-state index contributed by atoms with van der Waals surface area (Å²) < 4.78 is 0. The lowest BCUT2D eigenvalue weighted by molar-refractivity contribution is -0.118. The summed E-state index contributed by atoms with van der Waals surface area (Å²) in [5.41, 5.74) is 3.38. The number of aromatic nitrogens is 2. The standard InChI is InChI=1S/C11H18N6O/c1-6-9(14-5-8(18)13-2)15-11(7-3-4-7)16-10(6)17-12/h7H,3-5,12H2,1-2H3,(H,13,18)(H2,14,15,16,17). The summed E-state index contributed by atoms with van der Waals surface area (Å²) in [7, 11) is 1.60. The number of nitrogens with one attached hydrogen (secondary N) is 3. The number of likely N-dealkylation sites (N-methyl/N-ethyl adjacent to an activating group) is 1. The molecule has 1 aromatic rings. The number of hydrogen-bond acceptors (Lipinski definition) is 6. The van der Waals surface area contributed by atoms with Gasteiger partial charge in [0.25, 0.3) is 0 Å². The Hall–Kier alpha value is -1.89. The highest BCUT2D eigenvalue weighted by atomic mass is 16.1. The highest BCUT2D eigenvalue weighted by molar-refractivity contribution is 5.80. The van der Waals surface area contributed by atoms with Gasteiger partial charge in [0.15, 0.2) is 0 Å². The number of nitrogens with two attached hydrogens (primary N) is 1. The van der Waals surface area contributed by atoms with E-state index in [-0.39, 0.29) is 12.5 Å². The molecule has 0 saturated heterocycles. The zero-order valence-corrected chi connectivity index (χ0v) is 10.6. The maximum absolute atomic E-state index is 11.2. The molecule has 1 aromatic heterocycles. The topological polar surface area (TPSA) is 105 Å². The Morgan fingerprint density at radius 1 is 1.39 bits per heavy atom. The van der Waals surface area contributed by atoms with Crippen LogP contribution in [0.15, 0.2) is 0 Å². The van der Waals surface area contributed by atoms with Crippen LogP contribution >= 0.6 is 0 Å². The molecule has 1 saturated carbocycles. The van der Waals surface area contributed by atoms with E-state index >= 15 is 0 Å². The molecule has 0 aliphatic heterocycles. The van der Waals surface area contributed by atoms with Crippen LogP contribution in [0.5, 0.6) is 0 Å². The first-order chi connectivity index (χ1) is 8.65. The molecule has 98 valence electrons. The van der Waals surface area contributed by atoms with Crippen molar-refractivity contribution in [2.24, 2.45) is 5.84 Å². The minimum atomic E-state index is -0.0942. The van der Waals surface area contributed by atoms with Gasteiger partial charge < -0.3 is 16.1 Å². The largest absolute Gasteiger partial charge is 0.361 e. The number of nitrogens with zero attached hydrogens (tertiary/aromatic N) is 2. The number of hydrazine groups is 1. The Balaban J connectivity index is 2.21. The molecule has 0 aromatic carbocycles. The monoisotopic (exact) mass is 250 g/mol. The summed E-state index contributed by atoms with van der Waals surface area (Å²) >= 11 is 0. The summed E-state index contributed by atoms with van der Waals surface area (Å²) in [6.07, 6.45) is 2.23. The van der Waals surface area contributed by atoms with Crippen LogP contribution in [-0.4, -0.2) is 29.5 Å². The Labute approximate surface area is 106 Å². The van der Waals surface area contributed by atoms with Gasteiger partial charge in [0.1, 0.15) is 17.5 Å². The number of hydrogen-bond donors (Lipinski definition) is 4. The minimum Gasteiger partial charge on any atom is -0.361 e. The van der Waals surface area contributed by atoms with E-state index in [1.807, 2.05) is 6.92 Å². The van der Waals surface area contributed by atoms with E-state index in [0.29, 0.717) is 17.6 Å². The number of amides is 1. The first-order valence-corrected chi connectivity index (χ1v) is 5.95. The molecule has 1 heterocycles. The molecule has 18 heavy (non-hydrogen) atoms. The SMILES string of the molecule is CNC(=O)CNc1nc(C2CC2)nc(NN)c1C. The summed E-state index contributed by atoms with van der Waals surface area (Å²) in [5, 5.41) is 5.55. The van der Waals surface area contributed by atoms with Gasteiger partial charge in [-0.1, -0.05) is 0 Å². The van der Waals surface area contributed by atoms with E-state index in [0.717, 1.165) is 24.2 Å². The lowest BCUT2D eigenvalue weighted by atomic mass is 10.3. The Kier molecular flexibility index (Phi) is 3.61. The van der Waals surface area contributed by atoms with Crippen molar-refractivity contribution in [3.8, 4) is 0 Å². The fourth-order valence-corrected chi connectivity index (χ4v) is 1.62. The van der Waals surface area contributed by atoms with Crippen molar-refractivity contribution < 1.29 is 4.79 Å². The lowest BCUT2D eigenvalue weighted by Gasteiger charge is -2.13. The second-order valence-corrected chi connectivity index (χ2v) is 4.35. The Morgan fingerprint density at radius 2 is 2.06 bits per heavy atom. The number of anilines is 2. The molecule has 1 aliphatic rings.